The van der Waals surface area contributed by atoms with Gasteiger partial charge in [-0.1, -0.05) is 25.8 Å². The van der Waals surface area contributed by atoms with Gasteiger partial charge in [0.25, 0.3) is 0 Å². The lowest BCUT2D eigenvalue weighted by Gasteiger charge is -2.17. The Morgan fingerprint density at radius 1 is 1.42 bits per heavy atom. The summed E-state index contributed by atoms with van der Waals surface area (Å²) in [7, 11) is 0. The molecule has 108 valence electrons. The summed E-state index contributed by atoms with van der Waals surface area (Å²) in [6.45, 7) is 2.37. The number of carbonyl (C=O) groups is 1. The van der Waals surface area contributed by atoms with Crippen LogP contribution in [0.25, 0.3) is 0 Å². The normalized spacial score (nSPS) is 19.6. The van der Waals surface area contributed by atoms with Crippen LogP contribution in [-0.4, -0.2) is 23.7 Å². The molecule has 1 heterocycles. The number of allylic oxidation sites excluding steroid dienone is 1. The van der Waals surface area contributed by atoms with Crippen molar-refractivity contribution in [1.29, 1.82) is 0 Å². The van der Waals surface area contributed by atoms with Crippen molar-refractivity contribution >= 4 is 12.0 Å². The van der Waals surface area contributed by atoms with Crippen LogP contribution in [0.2, 0.25) is 0 Å². The molecule has 0 saturated heterocycles. The van der Waals surface area contributed by atoms with E-state index in [0.29, 0.717) is 18.1 Å². The van der Waals surface area contributed by atoms with Crippen molar-refractivity contribution in [2.24, 2.45) is 16.8 Å². The molecule has 0 aromatic rings. The molecule has 2 atom stereocenters. The fourth-order valence-electron chi connectivity index (χ4n) is 2.57. The summed E-state index contributed by atoms with van der Waals surface area (Å²) in [6, 6.07) is 0. The minimum absolute atomic E-state index is 0.206. The predicted octanol–water partition coefficient (Wildman–Crippen LogP) is 3.52. The highest BCUT2D eigenvalue weighted by Crippen LogP contribution is 2.21. The number of carbonyl (C=O) groups excluding carboxylic acids is 1. The first-order valence-electron chi connectivity index (χ1n) is 7.59. The molecule has 0 fully saturated rings. The lowest BCUT2D eigenvalue weighted by atomic mass is 9.88. The Morgan fingerprint density at radius 2 is 2.26 bits per heavy atom. The van der Waals surface area contributed by atoms with Crippen LogP contribution in [0, 0.1) is 11.8 Å². The van der Waals surface area contributed by atoms with Gasteiger partial charge in [-0.15, -0.1) is 0 Å². The molecule has 3 nitrogen and oxygen atoms in total. The largest absolute Gasteiger partial charge is 0.396 e. The van der Waals surface area contributed by atoms with Gasteiger partial charge in [0.15, 0.2) is 0 Å². The quantitative estimate of drug-likeness (QED) is 0.614. The fourth-order valence-corrected chi connectivity index (χ4v) is 2.57. The highest BCUT2D eigenvalue weighted by Gasteiger charge is 2.18. The van der Waals surface area contributed by atoms with Crippen molar-refractivity contribution in [2.75, 3.05) is 6.61 Å². The molecule has 0 amide bonds. The number of Topliss-reactive ketones (excluding diaryl/α,β-unsaturated/α-hetero) is 1. The average molecular weight is 265 g/mol. The maximum atomic E-state index is 12.2. The van der Waals surface area contributed by atoms with Crippen LogP contribution in [0.4, 0.5) is 0 Å². The number of aliphatic hydroxyl groups excluding tert-OH is 1. The van der Waals surface area contributed by atoms with Crippen molar-refractivity contribution in [2.45, 2.75) is 58.3 Å². The Balaban J connectivity index is 2.29. The number of aliphatic hydroxyl groups is 1. The van der Waals surface area contributed by atoms with Gasteiger partial charge in [0, 0.05) is 31.4 Å². The zero-order valence-electron chi connectivity index (χ0n) is 12.1. The summed E-state index contributed by atoms with van der Waals surface area (Å²) in [6.07, 6.45) is 13.2. The van der Waals surface area contributed by atoms with E-state index >= 15 is 0 Å². The first-order chi connectivity index (χ1) is 9.27. The van der Waals surface area contributed by atoms with Crippen molar-refractivity contribution < 1.29 is 9.90 Å². The highest BCUT2D eigenvalue weighted by molar-refractivity contribution is 5.81. The predicted molar refractivity (Wildman–Crippen MR) is 79.3 cm³/mol. The van der Waals surface area contributed by atoms with E-state index < -0.39 is 0 Å². The van der Waals surface area contributed by atoms with Crippen molar-refractivity contribution in [3.05, 3.63) is 12.3 Å². The Kier molecular flexibility index (Phi) is 8.39. The minimum atomic E-state index is 0.206. The summed E-state index contributed by atoms with van der Waals surface area (Å²) in [5.74, 6) is 1.11. The molecule has 0 aromatic heterocycles. The van der Waals surface area contributed by atoms with E-state index in [0.717, 1.165) is 44.9 Å². The number of hydrogen-bond donors (Lipinski definition) is 1. The maximum Gasteiger partial charge on any atom is 0.135 e. The molecule has 1 N–H and O–H groups in total. The number of nitrogens with zero attached hydrogens (tertiary/aromatic N) is 1. The second-order valence-electron chi connectivity index (χ2n) is 5.38. The number of aliphatic imine (C=N–C) groups is 1. The third-order valence-electron chi connectivity index (χ3n) is 3.77. The van der Waals surface area contributed by atoms with Gasteiger partial charge in [0.1, 0.15) is 5.78 Å². The van der Waals surface area contributed by atoms with E-state index in [9.17, 15) is 4.79 Å². The van der Waals surface area contributed by atoms with Crippen molar-refractivity contribution in [1.82, 2.24) is 0 Å². The van der Waals surface area contributed by atoms with E-state index in [4.69, 9.17) is 5.11 Å². The van der Waals surface area contributed by atoms with Crippen LogP contribution in [-0.2, 0) is 4.79 Å². The smallest absolute Gasteiger partial charge is 0.135 e. The van der Waals surface area contributed by atoms with Gasteiger partial charge < -0.3 is 5.11 Å². The second kappa shape index (κ2) is 9.90. The minimum Gasteiger partial charge on any atom is -0.396 e. The molecule has 1 aliphatic rings. The second-order valence-corrected chi connectivity index (χ2v) is 5.38. The Labute approximate surface area is 116 Å². The Morgan fingerprint density at radius 3 is 2.89 bits per heavy atom. The SMILES string of the molecule is CCCC(CCCCO)C(=O)CCC1C=CN=CC1. The Hall–Kier alpha value is -0.960. The summed E-state index contributed by atoms with van der Waals surface area (Å²) >= 11 is 0. The summed E-state index contributed by atoms with van der Waals surface area (Å²) in [5.41, 5.74) is 0. The van der Waals surface area contributed by atoms with Gasteiger partial charge in [-0.25, -0.2) is 0 Å². The van der Waals surface area contributed by atoms with E-state index in [1.54, 1.807) is 0 Å². The van der Waals surface area contributed by atoms with Crippen LogP contribution in [0.15, 0.2) is 17.3 Å². The number of rotatable bonds is 10. The monoisotopic (exact) mass is 265 g/mol. The highest BCUT2D eigenvalue weighted by atomic mass is 16.2. The maximum absolute atomic E-state index is 12.2. The van der Waals surface area contributed by atoms with Crippen LogP contribution >= 0.6 is 0 Å². The number of ketones is 1. The lowest BCUT2D eigenvalue weighted by Crippen LogP contribution is -2.16. The Bertz CT molecular complexity index is 310. The molecule has 1 rings (SSSR count). The summed E-state index contributed by atoms with van der Waals surface area (Å²) in [5, 5.41) is 8.82. The fraction of sp³-hybridized carbons (Fsp3) is 0.750. The summed E-state index contributed by atoms with van der Waals surface area (Å²) in [4.78, 5) is 16.3. The van der Waals surface area contributed by atoms with Gasteiger partial charge in [-0.3, -0.25) is 9.79 Å². The lowest BCUT2D eigenvalue weighted by molar-refractivity contribution is -0.123. The van der Waals surface area contributed by atoms with E-state index in [1.807, 2.05) is 12.4 Å². The van der Waals surface area contributed by atoms with Crippen LogP contribution in [0.3, 0.4) is 0 Å². The van der Waals surface area contributed by atoms with Gasteiger partial charge in [-0.2, -0.15) is 0 Å². The first-order valence-corrected chi connectivity index (χ1v) is 7.59. The van der Waals surface area contributed by atoms with Gasteiger partial charge in [0.05, 0.1) is 0 Å². The third-order valence-corrected chi connectivity index (χ3v) is 3.77. The van der Waals surface area contributed by atoms with Crippen molar-refractivity contribution in [3.63, 3.8) is 0 Å². The molecule has 19 heavy (non-hydrogen) atoms. The van der Waals surface area contributed by atoms with Crippen LogP contribution in [0.1, 0.15) is 58.3 Å². The molecule has 0 bridgehead atoms. The number of hydrogen-bond acceptors (Lipinski definition) is 3. The van der Waals surface area contributed by atoms with Gasteiger partial charge in [-0.05, 0) is 38.0 Å². The van der Waals surface area contributed by atoms with Crippen LogP contribution < -0.4 is 0 Å². The number of unbranched alkanes of at least 4 members (excludes halogenated alkanes) is 1. The molecule has 0 saturated carbocycles. The molecule has 0 radical (unpaired) electrons. The van der Waals surface area contributed by atoms with E-state index in [2.05, 4.69) is 18.0 Å². The van der Waals surface area contributed by atoms with Crippen LogP contribution in [0.5, 0.6) is 0 Å². The summed E-state index contributed by atoms with van der Waals surface area (Å²) < 4.78 is 0. The van der Waals surface area contributed by atoms with E-state index in [-0.39, 0.29) is 12.5 Å². The first kappa shape index (κ1) is 16.1. The van der Waals surface area contributed by atoms with Crippen molar-refractivity contribution in [3.8, 4) is 0 Å². The standard InChI is InChI=1S/C16H27NO2/c1-2-5-15(6-3-4-13-18)16(19)8-7-14-9-11-17-12-10-14/h9,11-12,14-15,18H,2-8,10,13H2,1H3. The molecule has 2 unspecified atom stereocenters. The van der Waals surface area contributed by atoms with E-state index in [1.165, 1.54) is 0 Å². The molecular weight excluding hydrogens is 238 g/mol. The molecule has 3 heteroatoms. The average Bonchev–Trinajstić information content (AvgIpc) is 2.45. The zero-order valence-corrected chi connectivity index (χ0v) is 12.1. The topological polar surface area (TPSA) is 49.7 Å². The molecule has 0 aromatic carbocycles. The molecule has 0 spiro atoms. The molecule has 0 aliphatic carbocycles. The molecule has 1 aliphatic heterocycles. The third kappa shape index (κ3) is 6.67. The van der Waals surface area contributed by atoms with Gasteiger partial charge >= 0.3 is 0 Å². The zero-order chi connectivity index (χ0) is 13.9. The molecular formula is C16H27NO2. The van der Waals surface area contributed by atoms with Gasteiger partial charge in [0.2, 0.25) is 0 Å².